The smallest absolute Gasteiger partial charge is 0.265 e. The van der Waals surface area contributed by atoms with Crippen LogP contribution >= 0.6 is 0 Å². The summed E-state index contributed by atoms with van der Waals surface area (Å²) in [4.78, 5) is 32.0. The maximum absolute atomic E-state index is 11.8. The Labute approximate surface area is 120 Å². The number of rotatable bonds is 5. The van der Waals surface area contributed by atoms with E-state index in [1.54, 1.807) is 34.6 Å². The molecule has 0 aromatic rings. The summed E-state index contributed by atoms with van der Waals surface area (Å²) in [5.41, 5.74) is -1.52. The molecule has 0 radical (unpaired) electrons. The molecule has 6 heteroatoms. The largest absolute Gasteiger partial charge is 0.351 e. The molecular formula is C14H26O6. The van der Waals surface area contributed by atoms with Gasteiger partial charge in [-0.15, -0.1) is 0 Å². The highest BCUT2D eigenvalue weighted by atomic mass is 17.7. The maximum atomic E-state index is 11.8. The molecule has 0 saturated carbocycles. The lowest BCUT2D eigenvalue weighted by Gasteiger charge is -2.29. The van der Waals surface area contributed by atoms with Crippen LogP contribution in [-0.4, -0.2) is 11.9 Å². The molecule has 0 aromatic carbocycles. The van der Waals surface area contributed by atoms with Crippen molar-refractivity contribution < 1.29 is 29.4 Å². The van der Waals surface area contributed by atoms with Crippen LogP contribution in [0.5, 0.6) is 0 Å². The molecule has 0 fully saturated rings. The minimum Gasteiger partial charge on any atom is -0.265 e. The van der Waals surface area contributed by atoms with E-state index in [4.69, 9.17) is 0 Å². The Morgan fingerprint density at radius 2 is 1.15 bits per heavy atom. The first-order valence-corrected chi connectivity index (χ1v) is 6.52. The summed E-state index contributed by atoms with van der Waals surface area (Å²) in [5, 5.41) is 8.29. The summed E-state index contributed by atoms with van der Waals surface area (Å²) in [7, 11) is 0. The minimum absolute atomic E-state index is 0.0396. The second kappa shape index (κ2) is 6.54. The molecule has 0 atom stereocenters. The SMILES string of the molecule is CC(C)(C)CC(C)(C)C(=O)OOOOC(=O)C(C)(C)C. The van der Waals surface area contributed by atoms with Crippen molar-refractivity contribution >= 4 is 11.9 Å². The standard InChI is InChI=1S/C14H26O6/c1-12(2,3)9-14(7,8)11(16)18-20-19-17-10(15)13(4,5)6/h9H2,1-8H3. The first-order valence-electron chi connectivity index (χ1n) is 6.52. The molecule has 0 rings (SSSR count). The highest BCUT2D eigenvalue weighted by Gasteiger charge is 2.35. The number of carbonyl (C=O) groups excluding carboxylic acids is 2. The third kappa shape index (κ3) is 7.45. The highest BCUT2D eigenvalue weighted by Crippen LogP contribution is 2.34. The van der Waals surface area contributed by atoms with Gasteiger partial charge in [-0.05, 0) is 46.5 Å². The van der Waals surface area contributed by atoms with Gasteiger partial charge in [0.15, 0.2) is 0 Å². The molecule has 118 valence electrons. The Morgan fingerprint density at radius 1 is 0.750 bits per heavy atom. The first kappa shape index (κ1) is 18.9. The Morgan fingerprint density at radius 3 is 1.50 bits per heavy atom. The lowest BCUT2D eigenvalue weighted by Crippen LogP contribution is -2.31. The van der Waals surface area contributed by atoms with Gasteiger partial charge in [0.05, 0.1) is 10.8 Å². The first-order chi connectivity index (χ1) is 8.76. The van der Waals surface area contributed by atoms with Gasteiger partial charge in [-0.1, -0.05) is 20.8 Å². The summed E-state index contributed by atoms with van der Waals surface area (Å²) in [6, 6.07) is 0. The van der Waals surface area contributed by atoms with Crippen molar-refractivity contribution in [2.45, 2.75) is 61.8 Å². The Hall–Kier alpha value is -1.14. The molecule has 6 nitrogen and oxygen atoms in total. The molecule has 0 unspecified atom stereocenters. The zero-order valence-corrected chi connectivity index (χ0v) is 13.7. The van der Waals surface area contributed by atoms with Gasteiger partial charge in [-0.3, -0.25) is 9.78 Å². The summed E-state index contributed by atoms with van der Waals surface area (Å²) < 4.78 is 0. The molecule has 0 amide bonds. The van der Waals surface area contributed by atoms with Crippen molar-refractivity contribution in [2.75, 3.05) is 0 Å². The second-order valence-electron chi connectivity index (χ2n) is 7.75. The molecule has 0 saturated heterocycles. The highest BCUT2D eigenvalue weighted by molar-refractivity contribution is 5.75. The molecule has 0 N–H and O–H groups in total. The van der Waals surface area contributed by atoms with E-state index in [-0.39, 0.29) is 5.41 Å². The fourth-order valence-corrected chi connectivity index (χ4v) is 1.73. The average Bonchev–Trinajstić information content (AvgIpc) is 2.18. The van der Waals surface area contributed by atoms with Gasteiger partial charge in [-0.25, -0.2) is 9.59 Å². The van der Waals surface area contributed by atoms with Crippen LogP contribution in [0.2, 0.25) is 0 Å². The Balaban J connectivity index is 4.15. The van der Waals surface area contributed by atoms with Crippen molar-refractivity contribution in [3.8, 4) is 0 Å². The van der Waals surface area contributed by atoms with Gasteiger partial charge in [0, 0.05) is 10.1 Å². The van der Waals surface area contributed by atoms with Crippen LogP contribution in [-0.2, 0) is 29.4 Å². The van der Waals surface area contributed by atoms with E-state index in [1.807, 2.05) is 20.8 Å². The normalized spacial score (nSPS) is 13.0. The molecule has 0 spiro atoms. The van der Waals surface area contributed by atoms with Crippen LogP contribution in [0.4, 0.5) is 0 Å². The zero-order valence-electron chi connectivity index (χ0n) is 13.7. The van der Waals surface area contributed by atoms with Crippen LogP contribution in [0.25, 0.3) is 0 Å². The molecule has 0 bridgehead atoms. The quantitative estimate of drug-likeness (QED) is 0.439. The summed E-state index contributed by atoms with van der Waals surface area (Å²) in [6.45, 7) is 14.5. The average molecular weight is 290 g/mol. The van der Waals surface area contributed by atoms with Crippen molar-refractivity contribution in [1.29, 1.82) is 0 Å². The van der Waals surface area contributed by atoms with Gasteiger partial charge >= 0.3 is 11.9 Å². The fraction of sp³-hybridized carbons (Fsp3) is 0.857. The van der Waals surface area contributed by atoms with E-state index in [0.717, 1.165) is 0 Å². The van der Waals surface area contributed by atoms with Crippen LogP contribution < -0.4 is 0 Å². The predicted octanol–water partition coefficient (Wildman–Crippen LogP) is 3.36. The van der Waals surface area contributed by atoms with Crippen molar-refractivity contribution in [3.63, 3.8) is 0 Å². The van der Waals surface area contributed by atoms with Crippen molar-refractivity contribution in [2.24, 2.45) is 16.2 Å². The summed E-state index contributed by atoms with van der Waals surface area (Å²) in [6.07, 6.45) is 0.601. The summed E-state index contributed by atoms with van der Waals surface area (Å²) in [5.74, 6) is -1.23. The third-order valence-corrected chi connectivity index (χ3v) is 2.38. The van der Waals surface area contributed by atoms with E-state index >= 15 is 0 Å². The zero-order chi connectivity index (χ0) is 16.2. The van der Waals surface area contributed by atoms with E-state index in [2.05, 4.69) is 19.9 Å². The van der Waals surface area contributed by atoms with Crippen LogP contribution in [0, 0.1) is 16.2 Å². The Bertz CT molecular complexity index is 346. The number of hydrogen-bond acceptors (Lipinski definition) is 6. The topological polar surface area (TPSA) is 71.1 Å². The van der Waals surface area contributed by atoms with Crippen LogP contribution in [0.15, 0.2) is 0 Å². The van der Waals surface area contributed by atoms with Gasteiger partial charge in [0.25, 0.3) is 0 Å². The van der Waals surface area contributed by atoms with Gasteiger partial charge < -0.3 is 0 Å². The van der Waals surface area contributed by atoms with Crippen molar-refractivity contribution in [3.05, 3.63) is 0 Å². The van der Waals surface area contributed by atoms with Crippen LogP contribution in [0.1, 0.15) is 61.8 Å². The minimum atomic E-state index is -0.740. The van der Waals surface area contributed by atoms with Crippen LogP contribution in [0.3, 0.4) is 0 Å². The van der Waals surface area contributed by atoms with Gasteiger partial charge in [0.1, 0.15) is 0 Å². The monoisotopic (exact) mass is 290 g/mol. The van der Waals surface area contributed by atoms with E-state index in [0.29, 0.717) is 6.42 Å². The Kier molecular flexibility index (Phi) is 6.17. The predicted molar refractivity (Wildman–Crippen MR) is 71.7 cm³/mol. The van der Waals surface area contributed by atoms with E-state index in [1.165, 1.54) is 0 Å². The molecule has 0 aliphatic heterocycles. The molecule has 0 heterocycles. The van der Waals surface area contributed by atoms with Gasteiger partial charge in [0.2, 0.25) is 0 Å². The molecule has 0 aromatic heterocycles. The third-order valence-electron chi connectivity index (χ3n) is 2.38. The second-order valence-corrected chi connectivity index (χ2v) is 7.75. The molecule has 0 aliphatic carbocycles. The van der Waals surface area contributed by atoms with Crippen molar-refractivity contribution in [1.82, 2.24) is 0 Å². The molecular weight excluding hydrogens is 264 g/mol. The summed E-state index contributed by atoms with van der Waals surface area (Å²) >= 11 is 0. The lowest BCUT2D eigenvalue weighted by molar-refractivity contribution is -0.602. The number of hydrogen-bond donors (Lipinski definition) is 0. The van der Waals surface area contributed by atoms with Gasteiger partial charge in [-0.2, -0.15) is 0 Å². The fourth-order valence-electron chi connectivity index (χ4n) is 1.73. The number of carbonyl (C=O) groups is 2. The molecule has 0 aliphatic rings. The van der Waals surface area contributed by atoms with E-state index < -0.39 is 22.8 Å². The van der Waals surface area contributed by atoms with E-state index in [9.17, 15) is 9.59 Å². The molecule has 20 heavy (non-hydrogen) atoms. The lowest BCUT2D eigenvalue weighted by atomic mass is 9.76. The maximum Gasteiger partial charge on any atom is 0.351 e.